The zero-order valence-corrected chi connectivity index (χ0v) is 15.0. The van der Waals surface area contributed by atoms with Crippen molar-refractivity contribution in [1.82, 2.24) is 0 Å². The van der Waals surface area contributed by atoms with Crippen LogP contribution in [0.15, 0.2) is 29.6 Å². The fourth-order valence-corrected chi connectivity index (χ4v) is 3.81. The average Bonchev–Trinajstić information content (AvgIpc) is 3.14. The number of hydrogen-bond acceptors (Lipinski definition) is 4. The Balaban J connectivity index is 1.99. The summed E-state index contributed by atoms with van der Waals surface area (Å²) in [6.07, 6.45) is 0.892. The minimum atomic E-state index is -0.451. The summed E-state index contributed by atoms with van der Waals surface area (Å²) in [5, 5.41) is 5.79. The molecule has 1 heterocycles. The summed E-state index contributed by atoms with van der Waals surface area (Å²) >= 11 is 7.59. The molecular formula is C18H18ClNO3S. The van der Waals surface area contributed by atoms with E-state index in [0.29, 0.717) is 27.1 Å². The largest absolute Gasteiger partial charge is 0.462 e. The van der Waals surface area contributed by atoms with Crippen molar-refractivity contribution in [3.63, 3.8) is 0 Å². The van der Waals surface area contributed by atoms with Gasteiger partial charge >= 0.3 is 5.97 Å². The zero-order chi connectivity index (χ0) is 17.3. The molecule has 0 spiro atoms. The lowest BCUT2D eigenvalue weighted by atomic mass is 10.0. The molecule has 6 heteroatoms. The van der Waals surface area contributed by atoms with Crippen molar-refractivity contribution in [2.24, 2.45) is 11.8 Å². The molecule has 1 amide bonds. The Labute approximate surface area is 149 Å². The molecule has 0 aliphatic heterocycles. The number of hydrogen-bond donors (Lipinski definition) is 1. The van der Waals surface area contributed by atoms with Crippen LogP contribution >= 0.6 is 22.9 Å². The third-order valence-electron chi connectivity index (χ3n) is 4.12. The molecule has 2 aromatic rings. The molecule has 1 aliphatic carbocycles. The molecule has 24 heavy (non-hydrogen) atoms. The van der Waals surface area contributed by atoms with Gasteiger partial charge in [-0.3, -0.25) is 4.79 Å². The fourth-order valence-electron chi connectivity index (χ4n) is 2.63. The number of nitrogens with one attached hydrogen (secondary N) is 1. The van der Waals surface area contributed by atoms with E-state index in [1.54, 1.807) is 13.0 Å². The molecule has 1 N–H and O–H groups in total. The highest BCUT2D eigenvalue weighted by atomic mass is 35.5. The van der Waals surface area contributed by atoms with Gasteiger partial charge in [0.25, 0.3) is 0 Å². The third-order valence-corrected chi connectivity index (χ3v) is 5.34. The van der Waals surface area contributed by atoms with Crippen molar-refractivity contribution in [2.45, 2.75) is 20.3 Å². The van der Waals surface area contributed by atoms with E-state index in [-0.39, 0.29) is 18.4 Å². The van der Waals surface area contributed by atoms with Gasteiger partial charge in [-0.1, -0.05) is 36.7 Å². The molecule has 4 nitrogen and oxygen atoms in total. The maximum Gasteiger partial charge on any atom is 0.341 e. The van der Waals surface area contributed by atoms with E-state index in [0.717, 1.165) is 12.0 Å². The molecule has 0 saturated heterocycles. The van der Waals surface area contributed by atoms with Crippen LogP contribution < -0.4 is 5.32 Å². The summed E-state index contributed by atoms with van der Waals surface area (Å²) in [6.45, 7) is 4.06. The normalized spacial score (nSPS) is 19.0. The Morgan fingerprint density at radius 2 is 2.04 bits per heavy atom. The van der Waals surface area contributed by atoms with Crippen LogP contribution in [0, 0.1) is 11.8 Å². The van der Waals surface area contributed by atoms with Gasteiger partial charge in [0.2, 0.25) is 5.91 Å². The molecule has 126 valence electrons. The van der Waals surface area contributed by atoms with E-state index >= 15 is 0 Å². The van der Waals surface area contributed by atoms with Gasteiger partial charge in [-0.05, 0) is 25.3 Å². The highest BCUT2D eigenvalue weighted by molar-refractivity contribution is 7.15. The lowest BCUT2D eigenvalue weighted by Crippen LogP contribution is -2.16. The Kier molecular flexibility index (Phi) is 4.92. The number of amides is 1. The van der Waals surface area contributed by atoms with Crippen molar-refractivity contribution < 1.29 is 14.3 Å². The van der Waals surface area contributed by atoms with E-state index in [2.05, 4.69) is 5.32 Å². The predicted octanol–water partition coefficient (Wildman–Crippen LogP) is 4.84. The van der Waals surface area contributed by atoms with Gasteiger partial charge < -0.3 is 10.1 Å². The zero-order valence-electron chi connectivity index (χ0n) is 13.5. The van der Waals surface area contributed by atoms with Gasteiger partial charge in [0.1, 0.15) is 10.6 Å². The molecule has 1 saturated carbocycles. The van der Waals surface area contributed by atoms with E-state index in [9.17, 15) is 9.59 Å². The van der Waals surface area contributed by atoms with Crippen molar-refractivity contribution in [3.05, 3.63) is 40.2 Å². The fraction of sp³-hybridized carbons (Fsp3) is 0.333. The monoisotopic (exact) mass is 363 g/mol. The molecule has 1 aromatic heterocycles. The van der Waals surface area contributed by atoms with Gasteiger partial charge in [-0.15, -0.1) is 11.3 Å². The van der Waals surface area contributed by atoms with Gasteiger partial charge in [0.15, 0.2) is 0 Å². The van der Waals surface area contributed by atoms with Crippen molar-refractivity contribution in [1.29, 1.82) is 0 Å². The van der Waals surface area contributed by atoms with Gasteiger partial charge in [0.05, 0.1) is 6.61 Å². The van der Waals surface area contributed by atoms with Crippen LogP contribution in [0.2, 0.25) is 5.02 Å². The molecular weight excluding hydrogens is 346 g/mol. The van der Waals surface area contributed by atoms with Crippen LogP contribution in [0.5, 0.6) is 0 Å². The number of rotatable bonds is 5. The highest BCUT2D eigenvalue weighted by Gasteiger charge is 2.39. The number of halogens is 1. The molecule has 0 radical (unpaired) electrons. The predicted molar refractivity (Wildman–Crippen MR) is 96.6 cm³/mol. The maximum absolute atomic E-state index is 12.5. The topological polar surface area (TPSA) is 55.4 Å². The van der Waals surface area contributed by atoms with Crippen LogP contribution in [0.25, 0.3) is 11.1 Å². The Hall–Kier alpha value is -1.85. The van der Waals surface area contributed by atoms with Gasteiger partial charge in [-0.25, -0.2) is 4.79 Å². The summed E-state index contributed by atoms with van der Waals surface area (Å²) in [6, 6.07) is 7.31. The second kappa shape index (κ2) is 6.95. The highest BCUT2D eigenvalue weighted by Crippen LogP contribution is 2.42. The first-order valence-electron chi connectivity index (χ1n) is 7.87. The second-order valence-electron chi connectivity index (χ2n) is 5.86. The first kappa shape index (κ1) is 17.0. The quantitative estimate of drug-likeness (QED) is 0.773. The van der Waals surface area contributed by atoms with Gasteiger partial charge in [-0.2, -0.15) is 0 Å². The number of ether oxygens (including phenoxy) is 1. The number of carbonyl (C=O) groups is 2. The SMILES string of the molecule is CCOC(=O)c1c(-c2ccccc2Cl)csc1NC(=O)[C@H]1C[C@H]1C. The smallest absolute Gasteiger partial charge is 0.341 e. The van der Waals surface area contributed by atoms with E-state index < -0.39 is 5.97 Å². The minimum Gasteiger partial charge on any atom is -0.462 e. The van der Waals surface area contributed by atoms with E-state index in [1.165, 1.54) is 11.3 Å². The van der Waals surface area contributed by atoms with Crippen molar-refractivity contribution in [3.8, 4) is 11.1 Å². The third kappa shape index (κ3) is 3.32. The minimum absolute atomic E-state index is 0.0332. The van der Waals surface area contributed by atoms with Crippen LogP contribution in [0.3, 0.4) is 0 Å². The Bertz CT molecular complexity index is 786. The first-order chi connectivity index (χ1) is 11.5. The Morgan fingerprint density at radius 3 is 2.67 bits per heavy atom. The molecule has 3 rings (SSSR count). The summed E-state index contributed by atoms with van der Waals surface area (Å²) in [5.74, 6) is -0.0571. The number of benzene rings is 1. The lowest BCUT2D eigenvalue weighted by Gasteiger charge is -2.09. The lowest BCUT2D eigenvalue weighted by molar-refractivity contribution is -0.117. The standard InChI is InChI=1S/C18H18ClNO3S/c1-3-23-18(22)15-13(11-6-4-5-7-14(11)19)9-24-17(15)20-16(21)12-8-10(12)2/h4-7,9-10,12H,3,8H2,1-2H3,(H,20,21)/t10-,12+/m1/s1. The number of carbonyl (C=O) groups excluding carboxylic acids is 2. The Morgan fingerprint density at radius 1 is 1.33 bits per heavy atom. The number of esters is 1. The molecule has 0 bridgehead atoms. The summed E-state index contributed by atoms with van der Waals surface area (Å²) in [7, 11) is 0. The molecule has 1 aromatic carbocycles. The molecule has 2 atom stereocenters. The number of anilines is 1. The summed E-state index contributed by atoms with van der Waals surface area (Å²) in [4.78, 5) is 24.7. The van der Waals surface area contributed by atoms with Gasteiger partial charge in [0, 0.05) is 27.4 Å². The van der Waals surface area contributed by atoms with Crippen molar-refractivity contribution in [2.75, 3.05) is 11.9 Å². The van der Waals surface area contributed by atoms with Crippen LogP contribution in [0.4, 0.5) is 5.00 Å². The summed E-state index contributed by atoms with van der Waals surface area (Å²) < 4.78 is 5.18. The van der Waals surface area contributed by atoms with Crippen LogP contribution in [-0.2, 0) is 9.53 Å². The number of thiophene rings is 1. The maximum atomic E-state index is 12.5. The van der Waals surface area contributed by atoms with Crippen molar-refractivity contribution >= 4 is 39.8 Å². The molecule has 1 fully saturated rings. The van der Waals surface area contributed by atoms with E-state index in [1.807, 2.05) is 30.5 Å². The average molecular weight is 364 g/mol. The van der Waals surface area contributed by atoms with Crippen LogP contribution in [0.1, 0.15) is 30.6 Å². The summed E-state index contributed by atoms with van der Waals surface area (Å²) in [5.41, 5.74) is 1.80. The second-order valence-corrected chi connectivity index (χ2v) is 7.15. The van der Waals surface area contributed by atoms with Crippen LogP contribution in [-0.4, -0.2) is 18.5 Å². The first-order valence-corrected chi connectivity index (χ1v) is 9.13. The van der Waals surface area contributed by atoms with E-state index in [4.69, 9.17) is 16.3 Å². The molecule has 1 aliphatic rings. The molecule has 0 unspecified atom stereocenters.